The van der Waals surface area contributed by atoms with Crippen LogP contribution >= 0.6 is 11.6 Å². The first-order valence-corrected chi connectivity index (χ1v) is 12.9. The quantitative estimate of drug-likeness (QED) is 0.245. The van der Waals surface area contributed by atoms with E-state index in [4.69, 9.17) is 11.6 Å². The summed E-state index contributed by atoms with van der Waals surface area (Å²) in [6, 6.07) is 10.5. The third-order valence-corrected chi connectivity index (χ3v) is 5.93. The summed E-state index contributed by atoms with van der Waals surface area (Å²) in [5.74, 6) is -0.0578. The summed E-state index contributed by atoms with van der Waals surface area (Å²) in [5.41, 5.74) is -0.310. The Morgan fingerprint density at radius 1 is 0.917 bits per heavy atom. The smallest absolute Gasteiger partial charge is 0.356 e. The number of hydrogen-bond donors (Lipinski definition) is 2. The molecule has 0 saturated carbocycles. The Hall–Kier alpha value is -2.74. The minimum Gasteiger partial charge on any atom is -0.356 e. The van der Waals surface area contributed by atoms with Crippen molar-refractivity contribution in [1.82, 2.24) is 5.32 Å². The average molecular weight is 526 g/mol. The summed E-state index contributed by atoms with van der Waals surface area (Å²) in [6.45, 7) is 2.61. The van der Waals surface area contributed by atoms with Gasteiger partial charge in [-0.1, -0.05) is 69.2 Å². The molecule has 198 valence electrons. The number of carbonyl (C=O) groups is 2. The molecule has 3 amide bonds. The SMILES string of the molecule is CCCCCCCCCC(=O)NCCCN(C(=O)Nc1cccc(Cl)c1)c1cccc(C(F)(F)F)c1. The Morgan fingerprint density at radius 2 is 1.61 bits per heavy atom. The van der Waals surface area contributed by atoms with E-state index in [0.717, 1.165) is 31.4 Å². The monoisotopic (exact) mass is 525 g/mol. The van der Waals surface area contributed by atoms with Gasteiger partial charge in [-0.2, -0.15) is 13.2 Å². The van der Waals surface area contributed by atoms with Crippen LogP contribution < -0.4 is 15.5 Å². The standard InChI is InChI=1S/C27H35ClF3N3O2/c1-2-3-4-5-6-7-8-16-25(35)32-17-11-18-34(24-15-9-12-21(19-24)27(29,30)31)26(36)33-23-14-10-13-22(28)20-23/h9-10,12-15,19-20H,2-8,11,16-18H2,1H3,(H,32,35)(H,33,36). The van der Waals surface area contributed by atoms with Crippen molar-refractivity contribution in [2.45, 2.75) is 70.9 Å². The zero-order valence-corrected chi connectivity index (χ0v) is 21.4. The maximum atomic E-state index is 13.2. The van der Waals surface area contributed by atoms with Crippen molar-refractivity contribution in [3.8, 4) is 0 Å². The molecule has 2 aromatic carbocycles. The Balaban J connectivity index is 1.92. The van der Waals surface area contributed by atoms with E-state index in [1.165, 1.54) is 42.7 Å². The highest BCUT2D eigenvalue weighted by molar-refractivity contribution is 6.30. The van der Waals surface area contributed by atoms with Gasteiger partial charge in [0.15, 0.2) is 0 Å². The predicted octanol–water partition coefficient (Wildman–Crippen LogP) is 8.04. The number of carbonyl (C=O) groups excluding carboxylic acids is 2. The number of nitrogens with one attached hydrogen (secondary N) is 2. The topological polar surface area (TPSA) is 61.4 Å². The van der Waals surface area contributed by atoms with E-state index >= 15 is 0 Å². The second kappa shape index (κ2) is 15.4. The fraction of sp³-hybridized carbons (Fsp3) is 0.481. The molecule has 0 heterocycles. The maximum Gasteiger partial charge on any atom is 0.416 e. The molecule has 0 bridgehead atoms. The van der Waals surface area contributed by atoms with Gasteiger partial charge in [0.05, 0.1) is 5.56 Å². The van der Waals surface area contributed by atoms with Gasteiger partial charge >= 0.3 is 12.2 Å². The number of alkyl halides is 3. The summed E-state index contributed by atoms with van der Waals surface area (Å²) in [7, 11) is 0. The first kappa shape index (κ1) is 29.5. The van der Waals surface area contributed by atoms with Gasteiger partial charge in [0.25, 0.3) is 0 Å². The number of unbranched alkanes of at least 4 members (excludes halogenated alkanes) is 6. The van der Waals surface area contributed by atoms with Crippen LogP contribution in [0.15, 0.2) is 48.5 Å². The lowest BCUT2D eigenvalue weighted by atomic mass is 10.1. The Bertz CT molecular complexity index is 969. The van der Waals surface area contributed by atoms with Crippen molar-refractivity contribution in [1.29, 1.82) is 0 Å². The lowest BCUT2D eigenvalue weighted by molar-refractivity contribution is -0.137. The van der Waals surface area contributed by atoms with E-state index in [9.17, 15) is 22.8 Å². The first-order chi connectivity index (χ1) is 17.2. The molecule has 0 unspecified atom stereocenters. The largest absolute Gasteiger partial charge is 0.416 e. The molecule has 2 rings (SSSR count). The molecule has 2 N–H and O–H groups in total. The minimum absolute atomic E-state index is 0.0578. The number of benzene rings is 2. The lowest BCUT2D eigenvalue weighted by Crippen LogP contribution is -2.37. The van der Waals surface area contributed by atoms with Crippen molar-refractivity contribution >= 4 is 34.9 Å². The average Bonchev–Trinajstić information content (AvgIpc) is 2.83. The van der Waals surface area contributed by atoms with E-state index in [1.54, 1.807) is 24.3 Å². The molecular weight excluding hydrogens is 491 g/mol. The summed E-state index contributed by atoms with van der Waals surface area (Å²) in [5, 5.41) is 5.93. The molecule has 0 aliphatic rings. The molecule has 2 aromatic rings. The molecule has 0 aliphatic carbocycles. The maximum absolute atomic E-state index is 13.2. The molecule has 0 radical (unpaired) electrons. The Morgan fingerprint density at radius 3 is 2.31 bits per heavy atom. The van der Waals surface area contributed by atoms with E-state index in [-0.39, 0.29) is 18.1 Å². The van der Waals surface area contributed by atoms with Crippen LogP contribution in [-0.4, -0.2) is 25.0 Å². The van der Waals surface area contributed by atoms with Crippen molar-refractivity contribution in [3.05, 3.63) is 59.1 Å². The summed E-state index contributed by atoms with van der Waals surface area (Å²) in [6.07, 6.45) is 4.14. The van der Waals surface area contributed by atoms with Gasteiger partial charge < -0.3 is 10.6 Å². The fourth-order valence-electron chi connectivity index (χ4n) is 3.75. The van der Waals surface area contributed by atoms with Gasteiger partial charge in [-0.05, 0) is 49.2 Å². The van der Waals surface area contributed by atoms with Gasteiger partial charge in [0.1, 0.15) is 0 Å². The highest BCUT2D eigenvalue weighted by Gasteiger charge is 2.31. The zero-order valence-electron chi connectivity index (χ0n) is 20.7. The second-order valence-corrected chi connectivity index (χ2v) is 9.15. The molecular formula is C27H35ClF3N3O2. The highest BCUT2D eigenvalue weighted by atomic mass is 35.5. The summed E-state index contributed by atoms with van der Waals surface area (Å²) >= 11 is 5.97. The van der Waals surface area contributed by atoms with Crippen LogP contribution in [0.25, 0.3) is 0 Å². The molecule has 5 nitrogen and oxygen atoms in total. The number of halogens is 4. The number of amides is 3. The van der Waals surface area contributed by atoms with Crippen molar-refractivity contribution in [3.63, 3.8) is 0 Å². The molecule has 36 heavy (non-hydrogen) atoms. The first-order valence-electron chi connectivity index (χ1n) is 12.5. The van der Waals surface area contributed by atoms with E-state index in [1.807, 2.05) is 0 Å². The van der Waals surface area contributed by atoms with Gasteiger partial charge in [-0.15, -0.1) is 0 Å². The zero-order chi connectivity index (χ0) is 26.4. The van der Waals surface area contributed by atoms with Crippen molar-refractivity contribution < 1.29 is 22.8 Å². The number of nitrogens with zero attached hydrogens (tertiary/aromatic N) is 1. The van der Waals surface area contributed by atoms with Crippen LogP contribution in [0, 0.1) is 0 Å². The summed E-state index contributed by atoms with van der Waals surface area (Å²) in [4.78, 5) is 26.3. The van der Waals surface area contributed by atoms with Crippen LogP contribution in [0.2, 0.25) is 5.02 Å². The number of urea groups is 1. The Kier molecular flexibility index (Phi) is 12.6. The molecule has 9 heteroatoms. The third kappa shape index (κ3) is 10.9. The van der Waals surface area contributed by atoms with Crippen LogP contribution in [0.3, 0.4) is 0 Å². The highest BCUT2D eigenvalue weighted by Crippen LogP contribution is 2.32. The molecule has 0 atom stereocenters. The second-order valence-electron chi connectivity index (χ2n) is 8.72. The van der Waals surface area contributed by atoms with Crippen LogP contribution in [0.1, 0.15) is 70.3 Å². The van der Waals surface area contributed by atoms with Crippen LogP contribution in [-0.2, 0) is 11.0 Å². The fourth-order valence-corrected chi connectivity index (χ4v) is 3.94. The summed E-state index contributed by atoms with van der Waals surface area (Å²) < 4.78 is 39.7. The molecule has 0 fully saturated rings. The molecule has 0 aromatic heterocycles. The van der Waals surface area contributed by atoms with Crippen LogP contribution in [0.4, 0.5) is 29.3 Å². The normalized spacial score (nSPS) is 11.2. The van der Waals surface area contributed by atoms with Gasteiger partial charge in [-0.25, -0.2) is 4.79 Å². The van der Waals surface area contributed by atoms with Crippen molar-refractivity contribution in [2.75, 3.05) is 23.3 Å². The van der Waals surface area contributed by atoms with E-state index in [0.29, 0.717) is 30.1 Å². The Labute approximate surface area is 216 Å². The minimum atomic E-state index is -4.53. The van der Waals surface area contributed by atoms with Gasteiger partial charge in [0, 0.05) is 35.9 Å². The van der Waals surface area contributed by atoms with Crippen molar-refractivity contribution in [2.24, 2.45) is 0 Å². The number of hydrogen-bond acceptors (Lipinski definition) is 2. The van der Waals surface area contributed by atoms with Gasteiger partial charge in [0.2, 0.25) is 5.91 Å². The molecule has 0 saturated heterocycles. The van der Waals surface area contributed by atoms with Gasteiger partial charge in [-0.3, -0.25) is 9.69 Å². The molecule has 0 aliphatic heterocycles. The molecule has 0 spiro atoms. The third-order valence-electron chi connectivity index (χ3n) is 5.69. The number of anilines is 2. The predicted molar refractivity (Wildman–Crippen MR) is 139 cm³/mol. The van der Waals surface area contributed by atoms with E-state index < -0.39 is 17.8 Å². The van der Waals surface area contributed by atoms with Crippen LogP contribution in [0.5, 0.6) is 0 Å². The number of rotatable bonds is 14. The lowest BCUT2D eigenvalue weighted by Gasteiger charge is -2.24. The van der Waals surface area contributed by atoms with E-state index in [2.05, 4.69) is 17.6 Å².